The van der Waals surface area contributed by atoms with Gasteiger partial charge in [0.15, 0.2) is 11.5 Å². The van der Waals surface area contributed by atoms with Crippen molar-refractivity contribution in [2.75, 3.05) is 0 Å². The first-order valence-corrected chi connectivity index (χ1v) is 6.75. The summed E-state index contributed by atoms with van der Waals surface area (Å²) >= 11 is 0. The zero-order valence-corrected chi connectivity index (χ0v) is 11.8. The minimum atomic E-state index is -1.07. The molecular formula is C15H13N5O2. The van der Waals surface area contributed by atoms with Gasteiger partial charge in [-0.3, -0.25) is 4.98 Å². The molecule has 110 valence electrons. The van der Waals surface area contributed by atoms with Gasteiger partial charge in [0.05, 0.1) is 5.69 Å². The summed E-state index contributed by atoms with van der Waals surface area (Å²) in [5, 5.41) is 13.0. The Bertz CT molecular complexity index is 814. The Morgan fingerprint density at radius 3 is 2.82 bits per heavy atom. The number of aromatic carboxylic acids is 1. The molecule has 1 N–H and O–H groups in total. The van der Waals surface area contributed by atoms with Gasteiger partial charge in [-0.15, -0.1) is 0 Å². The van der Waals surface area contributed by atoms with Gasteiger partial charge in [-0.2, -0.15) is 5.10 Å². The molecule has 0 fully saturated rings. The van der Waals surface area contributed by atoms with Crippen LogP contribution in [0.2, 0.25) is 0 Å². The molecule has 0 aliphatic rings. The number of carbonyl (C=O) groups is 1. The maximum absolute atomic E-state index is 10.9. The Balaban J connectivity index is 2.09. The smallest absolute Gasteiger partial charge is 0.356 e. The van der Waals surface area contributed by atoms with Gasteiger partial charge in [-0.25, -0.2) is 19.4 Å². The summed E-state index contributed by atoms with van der Waals surface area (Å²) in [5.41, 5.74) is 1.56. The van der Waals surface area contributed by atoms with E-state index < -0.39 is 5.97 Å². The molecule has 7 heteroatoms. The van der Waals surface area contributed by atoms with Crippen LogP contribution in [0.4, 0.5) is 0 Å². The number of nitrogens with zero attached hydrogens (tertiary/aromatic N) is 5. The fourth-order valence-corrected chi connectivity index (χ4v) is 1.99. The van der Waals surface area contributed by atoms with Crippen molar-refractivity contribution in [3.05, 3.63) is 54.4 Å². The highest BCUT2D eigenvalue weighted by molar-refractivity contribution is 5.85. The largest absolute Gasteiger partial charge is 0.476 e. The summed E-state index contributed by atoms with van der Waals surface area (Å²) in [6, 6.07) is 6.93. The summed E-state index contributed by atoms with van der Waals surface area (Å²) in [4.78, 5) is 23.9. The molecule has 3 heterocycles. The SMILES string of the molecule is CCc1nc(-c2cccnc2)cc(-n2ccc(C(=O)O)n2)n1. The van der Waals surface area contributed by atoms with E-state index >= 15 is 0 Å². The Kier molecular flexibility index (Phi) is 3.61. The maximum atomic E-state index is 10.9. The number of carboxylic acid groups (broad SMARTS) is 1. The first kappa shape index (κ1) is 13.9. The highest BCUT2D eigenvalue weighted by Crippen LogP contribution is 2.18. The van der Waals surface area contributed by atoms with Crippen LogP contribution in [0, 0.1) is 0 Å². The van der Waals surface area contributed by atoms with Crippen LogP contribution in [-0.4, -0.2) is 35.8 Å². The standard InChI is InChI=1S/C15H13N5O2/c1-2-13-17-12(10-4-3-6-16-9-10)8-14(18-13)20-7-5-11(19-20)15(21)22/h3-9H,2H2,1H3,(H,21,22). The Labute approximate surface area is 126 Å². The first-order chi connectivity index (χ1) is 10.7. The molecule has 0 aliphatic heterocycles. The fraction of sp³-hybridized carbons (Fsp3) is 0.133. The minimum absolute atomic E-state index is 0.0282. The summed E-state index contributed by atoms with van der Waals surface area (Å²) in [6.45, 7) is 1.96. The van der Waals surface area contributed by atoms with E-state index in [1.807, 2.05) is 19.1 Å². The average Bonchev–Trinajstić information content (AvgIpc) is 3.05. The predicted octanol–water partition coefficient (Wildman–Crippen LogP) is 1.98. The molecule has 3 aromatic rings. The van der Waals surface area contributed by atoms with E-state index in [1.54, 1.807) is 24.7 Å². The van der Waals surface area contributed by atoms with E-state index in [-0.39, 0.29) is 5.69 Å². The van der Waals surface area contributed by atoms with Gasteiger partial charge in [0.25, 0.3) is 0 Å². The monoisotopic (exact) mass is 295 g/mol. The molecule has 0 saturated heterocycles. The van der Waals surface area contributed by atoms with Crippen LogP contribution in [0.25, 0.3) is 17.1 Å². The number of rotatable bonds is 4. The predicted molar refractivity (Wildman–Crippen MR) is 78.7 cm³/mol. The lowest BCUT2D eigenvalue weighted by Crippen LogP contribution is -2.06. The fourth-order valence-electron chi connectivity index (χ4n) is 1.99. The van der Waals surface area contributed by atoms with E-state index in [2.05, 4.69) is 20.1 Å². The van der Waals surface area contributed by atoms with Crippen LogP contribution in [0.1, 0.15) is 23.2 Å². The second-order valence-corrected chi connectivity index (χ2v) is 4.57. The zero-order valence-electron chi connectivity index (χ0n) is 11.8. The average molecular weight is 295 g/mol. The molecule has 0 spiro atoms. The van der Waals surface area contributed by atoms with Crippen LogP contribution in [0.3, 0.4) is 0 Å². The molecule has 3 rings (SSSR count). The molecule has 0 amide bonds. The Morgan fingerprint density at radius 1 is 1.32 bits per heavy atom. The van der Waals surface area contributed by atoms with E-state index in [0.29, 0.717) is 18.1 Å². The molecule has 0 aliphatic carbocycles. The molecule has 3 aromatic heterocycles. The molecular weight excluding hydrogens is 282 g/mol. The lowest BCUT2D eigenvalue weighted by Gasteiger charge is -2.07. The molecule has 22 heavy (non-hydrogen) atoms. The molecule has 0 radical (unpaired) electrons. The van der Waals surface area contributed by atoms with Gasteiger partial charge in [-0.05, 0) is 18.2 Å². The minimum Gasteiger partial charge on any atom is -0.476 e. The summed E-state index contributed by atoms with van der Waals surface area (Å²) in [5.74, 6) is 0.109. The van der Waals surface area contributed by atoms with Crippen LogP contribution in [-0.2, 0) is 6.42 Å². The Morgan fingerprint density at radius 2 is 2.18 bits per heavy atom. The Hall–Kier alpha value is -3.09. The number of hydrogen-bond acceptors (Lipinski definition) is 5. The van der Waals surface area contributed by atoms with Crippen molar-refractivity contribution in [3.8, 4) is 17.1 Å². The van der Waals surface area contributed by atoms with E-state index in [4.69, 9.17) is 5.11 Å². The van der Waals surface area contributed by atoms with Crippen molar-refractivity contribution >= 4 is 5.97 Å². The first-order valence-electron chi connectivity index (χ1n) is 6.75. The topological polar surface area (TPSA) is 93.8 Å². The zero-order chi connectivity index (χ0) is 15.5. The van der Waals surface area contributed by atoms with Crippen LogP contribution < -0.4 is 0 Å². The van der Waals surface area contributed by atoms with Gasteiger partial charge in [0, 0.05) is 36.6 Å². The highest BCUT2D eigenvalue weighted by atomic mass is 16.4. The van der Waals surface area contributed by atoms with Crippen LogP contribution >= 0.6 is 0 Å². The lowest BCUT2D eigenvalue weighted by molar-refractivity contribution is 0.0690. The second kappa shape index (κ2) is 5.72. The maximum Gasteiger partial charge on any atom is 0.356 e. The molecule has 7 nitrogen and oxygen atoms in total. The van der Waals surface area contributed by atoms with Gasteiger partial charge >= 0.3 is 5.97 Å². The van der Waals surface area contributed by atoms with Crippen LogP contribution in [0.5, 0.6) is 0 Å². The third-order valence-electron chi connectivity index (χ3n) is 3.08. The van der Waals surface area contributed by atoms with E-state index in [9.17, 15) is 4.79 Å². The van der Waals surface area contributed by atoms with E-state index in [0.717, 1.165) is 11.3 Å². The summed E-state index contributed by atoms with van der Waals surface area (Å²) in [7, 11) is 0. The van der Waals surface area contributed by atoms with Crippen molar-refractivity contribution < 1.29 is 9.90 Å². The third-order valence-corrected chi connectivity index (χ3v) is 3.08. The quantitative estimate of drug-likeness (QED) is 0.791. The molecule has 0 aromatic carbocycles. The third kappa shape index (κ3) is 2.69. The van der Waals surface area contributed by atoms with Crippen molar-refractivity contribution in [2.45, 2.75) is 13.3 Å². The van der Waals surface area contributed by atoms with Crippen molar-refractivity contribution in [2.24, 2.45) is 0 Å². The number of hydrogen-bond donors (Lipinski definition) is 1. The van der Waals surface area contributed by atoms with Gasteiger partial charge in [-0.1, -0.05) is 6.92 Å². The molecule has 0 atom stereocenters. The van der Waals surface area contributed by atoms with Gasteiger partial charge in [0.1, 0.15) is 5.82 Å². The molecule has 0 saturated carbocycles. The number of pyridine rings is 1. The van der Waals surface area contributed by atoms with Gasteiger partial charge in [0.2, 0.25) is 0 Å². The number of aromatic nitrogens is 5. The number of carboxylic acids is 1. The normalized spacial score (nSPS) is 10.6. The molecule has 0 unspecified atom stereocenters. The van der Waals surface area contributed by atoms with Crippen molar-refractivity contribution in [1.82, 2.24) is 24.7 Å². The highest BCUT2D eigenvalue weighted by Gasteiger charge is 2.11. The van der Waals surface area contributed by atoms with Crippen molar-refractivity contribution in [1.29, 1.82) is 0 Å². The van der Waals surface area contributed by atoms with Crippen molar-refractivity contribution in [3.63, 3.8) is 0 Å². The van der Waals surface area contributed by atoms with Crippen LogP contribution in [0.15, 0.2) is 42.9 Å². The summed E-state index contributed by atoms with van der Waals surface area (Å²) < 4.78 is 1.43. The number of aryl methyl sites for hydroxylation is 1. The molecule has 0 bridgehead atoms. The van der Waals surface area contributed by atoms with Gasteiger partial charge < -0.3 is 5.11 Å². The van der Waals surface area contributed by atoms with E-state index in [1.165, 1.54) is 10.7 Å². The lowest BCUT2D eigenvalue weighted by atomic mass is 10.2. The summed E-state index contributed by atoms with van der Waals surface area (Å²) in [6.07, 6.45) is 5.64. The second-order valence-electron chi connectivity index (χ2n) is 4.57.